The molecule has 0 aromatic rings. The van der Waals surface area contributed by atoms with Crippen LogP contribution >= 0.6 is 11.8 Å². The van der Waals surface area contributed by atoms with Gasteiger partial charge in [0, 0.05) is 36.4 Å². The van der Waals surface area contributed by atoms with E-state index in [-0.39, 0.29) is 0 Å². The van der Waals surface area contributed by atoms with Crippen molar-refractivity contribution in [3.8, 4) is 0 Å². The maximum Gasteiger partial charge on any atom is 0.136 e. The molecule has 0 spiro atoms. The average Bonchev–Trinajstić information content (AvgIpc) is 2.72. The van der Waals surface area contributed by atoms with Crippen LogP contribution in [0.1, 0.15) is 39.0 Å². The van der Waals surface area contributed by atoms with E-state index in [4.69, 9.17) is 0 Å². The van der Waals surface area contributed by atoms with Crippen molar-refractivity contribution in [3.63, 3.8) is 0 Å². The van der Waals surface area contributed by atoms with E-state index in [1.807, 2.05) is 0 Å². The summed E-state index contributed by atoms with van der Waals surface area (Å²) in [6, 6.07) is 0. The summed E-state index contributed by atoms with van der Waals surface area (Å²) in [6.07, 6.45) is 5.52. The van der Waals surface area contributed by atoms with Crippen molar-refractivity contribution in [3.05, 3.63) is 0 Å². The molecule has 0 radical (unpaired) electrons. The first kappa shape index (κ1) is 12.4. The zero-order chi connectivity index (χ0) is 11.4. The standard InChI is InChI=1S/C13H23NOS/c1-2-12-10-14(8-9-16-12)7-6-11-4-3-5-13(11)15/h11-12H,2-10H2,1H3. The van der Waals surface area contributed by atoms with Gasteiger partial charge in [-0.1, -0.05) is 6.92 Å². The number of hydrogen-bond donors (Lipinski definition) is 0. The molecule has 0 amide bonds. The van der Waals surface area contributed by atoms with Gasteiger partial charge >= 0.3 is 0 Å². The van der Waals surface area contributed by atoms with Crippen LogP contribution in [-0.4, -0.2) is 41.3 Å². The average molecular weight is 241 g/mol. The van der Waals surface area contributed by atoms with E-state index in [1.54, 1.807) is 0 Å². The first-order chi connectivity index (χ1) is 7.79. The van der Waals surface area contributed by atoms with Gasteiger partial charge in [0.1, 0.15) is 5.78 Å². The molecular weight excluding hydrogens is 218 g/mol. The summed E-state index contributed by atoms with van der Waals surface area (Å²) in [4.78, 5) is 14.1. The topological polar surface area (TPSA) is 20.3 Å². The van der Waals surface area contributed by atoms with Crippen LogP contribution in [0, 0.1) is 5.92 Å². The third-order valence-corrected chi connectivity index (χ3v) is 5.28. The van der Waals surface area contributed by atoms with Crippen molar-refractivity contribution in [2.75, 3.05) is 25.4 Å². The van der Waals surface area contributed by atoms with Crippen molar-refractivity contribution in [2.24, 2.45) is 5.92 Å². The molecule has 0 N–H and O–H groups in total. The number of hydrogen-bond acceptors (Lipinski definition) is 3. The Kier molecular flexibility index (Phi) is 4.71. The van der Waals surface area contributed by atoms with Gasteiger partial charge in [0.05, 0.1) is 0 Å². The summed E-state index contributed by atoms with van der Waals surface area (Å²) in [7, 11) is 0. The summed E-state index contributed by atoms with van der Waals surface area (Å²) in [5, 5.41) is 0.827. The Balaban J connectivity index is 1.70. The number of carbonyl (C=O) groups excluding carboxylic acids is 1. The van der Waals surface area contributed by atoms with Crippen molar-refractivity contribution < 1.29 is 4.79 Å². The van der Waals surface area contributed by atoms with E-state index in [1.165, 1.54) is 25.3 Å². The lowest BCUT2D eigenvalue weighted by molar-refractivity contribution is -0.120. The molecule has 3 heteroatoms. The lowest BCUT2D eigenvalue weighted by Crippen LogP contribution is -2.38. The molecule has 1 saturated heterocycles. The van der Waals surface area contributed by atoms with E-state index in [0.29, 0.717) is 11.7 Å². The molecule has 1 aliphatic heterocycles. The minimum absolute atomic E-state index is 0.398. The van der Waals surface area contributed by atoms with Crippen LogP contribution in [-0.2, 0) is 4.79 Å². The second-order valence-corrected chi connectivity index (χ2v) is 6.45. The van der Waals surface area contributed by atoms with Crippen LogP contribution in [0.15, 0.2) is 0 Å². The highest BCUT2D eigenvalue weighted by Crippen LogP contribution is 2.26. The number of ketones is 1. The molecule has 0 aromatic carbocycles. The summed E-state index contributed by atoms with van der Waals surface area (Å²) >= 11 is 2.12. The number of rotatable bonds is 4. The summed E-state index contributed by atoms with van der Waals surface area (Å²) < 4.78 is 0. The molecule has 1 saturated carbocycles. The molecule has 16 heavy (non-hydrogen) atoms. The Morgan fingerprint density at radius 1 is 1.50 bits per heavy atom. The monoisotopic (exact) mass is 241 g/mol. The second-order valence-electron chi connectivity index (χ2n) is 5.05. The molecule has 2 nitrogen and oxygen atoms in total. The van der Waals surface area contributed by atoms with Gasteiger partial charge < -0.3 is 4.90 Å². The van der Waals surface area contributed by atoms with Gasteiger partial charge in [0.2, 0.25) is 0 Å². The highest BCUT2D eigenvalue weighted by Gasteiger charge is 2.25. The number of Topliss-reactive ketones (excluding diaryl/α,β-unsaturated/α-hetero) is 1. The smallest absolute Gasteiger partial charge is 0.136 e. The third-order valence-electron chi connectivity index (χ3n) is 3.90. The minimum atomic E-state index is 0.398. The van der Waals surface area contributed by atoms with Crippen molar-refractivity contribution >= 4 is 17.5 Å². The molecule has 2 aliphatic rings. The van der Waals surface area contributed by atoms with Gasteiger partial charge in [-0.25, -0.2) is 0 Å². The fourth-order valence-corrected chi connectivity index (χ4v) is 4.01. The van der Waals surface area contributed by atoms with Crippen LogP contribution in [0.25, 0.3) is 0 Å². The predicted octanol–water partition coefficient (Wildman–Crippen LogP) is 2.57. The Morgan fingerprint density at radius 2 is 2.38 bits per heavy atom. The number of nitrogens with zero attached hydrogens (tertiary/aromatic N) is 1. The number of thioether (sulfide) groups is 1. The van der Waals surface area contributed by atoms with Gasteiger partial charge in [0.15, 0.2) is 0 Å². The minimum Gasteiger partial charge on any atom is -0.301 e. The molecular formula is C13H23NOS. The second kappa shape index (κ2) is 6.06. The van der Waals surface area contributed by atoms with Crippen LogP contribution < -0.4 is 0 Å². The van der Waals surface area contributed by atoms with Crippen LogP contribution in [0.4, 0.5) is 0 Å². The first-order valence-electron chi connectivity index (χ1n) is 6.66. The van der Waals surface area contributed by atoms with E-state index in [9.17, 15) is 4.79 Å². The Bertz CT molecular complexity index is 244. The summed E-state index contributed by atoms with van der Waals surface area (Å²) in [5.74, 6) is 2.20. The van der Waals surface area contributed by atoms with Crippen molar-refractivity contribution in [1.82, 2.24) is 4.90 Å². The Morgan fingerprint density at radius 3 is 3.06 bits per heavy atom. The van der Waals surface area contributed by atoms with E-state index < -0.39 is 0 Å². The molecule has 0 aromatic heterocycles. The molecule has 92 valence electrons. The first-order valence-corrected chi connectivity index (χ1v) is 7.71. The van der Waals surface area contributed by atoms with E-state index in [0.717, 1.165) is 37.5 Å². The Labute approximate surface area is 103 Å². The summed E-state index contributed by atoms with van der Waals surface area (Å²) in [5.41, 5.74) is 0. The largest absolute Gasteiger partial charge is 0.301 e. The third kappa shape index (κ3) is 3.24. The lowest BCUT2D eigenvalue weighted by Gasteiger charge is -2.32. The zero-order valence-electron chi connectivity index (χ0n) is 10.3. The lowest BCUT2D eigenvalue weighted by atomic mass is 10.0. The highest BCUT2D eigenvalue weighted by atomic mass is 32.2. The van der Waals surface area contributed by atoms with Gasteiger partial charge in [0.25, 0.3) is 0 Å². The van der Waals surface area contributed by atoms with Gasteiger partial charge in [-0.3, -0.25) is 4.79 Å². The SMILES string of the molecule is CCC1CN(CCC2CCCC2=O)CCS1. The summed E-state index contributed by atoms with van der Waals surface area (Å²) in [6.45, 7) is 5.89. The van der Waals surface area contributed by atoms with Crippen molar-refractivity contribution in [2.45, 2.75) is 44.3 Å². The Hall–Kier alpha value is -0.0200. The zero-order valence-corrected chi connectivity index (χ0v) is 11.1. The molecule has 2 rings (SSSR count). The molecule has 2 fully saturated rings. The molecule has 1 heterocycles. The fraction of sp³-hybridized carbons (Fsp3) is 0.923. The van der Waals surface area contributed by atoms with Crippen molar-refractivity contribution in [1.29, 1.82) is 0 Å². The normalized spacial score (nSPS) is 32.2. The molecule has 2 atom stereocenters. The maximum absolute atomic E-state index is 11.5. The van der Waals surface area contributed by atoms with E-state index in [2.05, 4.69) is 23.6 Å². The number of carbonyl (C=O) groups is 1. The fourth-order valence-electron chi connectivity index (χ4n) is 2.76. The van der Waals surface area contributed by atoms with Gasteiger partial charge in [-0.05, 0) is 32.2 Å². The molecule has 1 aliphatic carbocycles. The van der Waals surface area contributed by atoms with E-state index >= 15 is 0 Å². The van der Waals surface area contributed by atoms with Crippen LogP contribution in [0.2, 0.25) is 0 Å². The van der Waals surface area contributed by atoms with Gasteiger partial charge in [-0.2, -0.15) is 11.8 Å². The predicted molar refractivity (Wildman–Crippen MR) is 69.9 cm³/mol. The molecule has 0 bridgehead atoms. The maximum atomic E-state index is 11.5. The van der Waals surface area contributed by atoms with Crippen LogP contribution in [0.5, 0.6) is 0 Å². The van der Waals surface area contributed by atoms with Crippen LogP contribution in [0.3, 0.4) is 0 Å². The molecule has 2 unspecified atom stereocenters. The quantitative estimate of drug-likeness (QED) is 0.754. The highest BCUT2D eigenvalue weighted by molar-refractivity contribution is 8.00. The van der Waals surface area contributed by atoms with Gasteiger partial charge in [-0.15, -0.1) is 0 Å².